The van der Waals surface area contributed by atoms with Gasteiger partial charge in [-0.3, -0.25) is 9.59 Å². The summed E-state index contributed by atoms with van der Waals surface area (Å²) in [5, 5.41) is 0. The smallest absolute Gasteiger partial charge is 0.321 e. The van der Waals surface area contributed by atoms with Crippen molar-refractivity contribution < 1.29 is 14.3 Å². The van der Waals surface area contributed by atoms with E-state index in [2.05, 4.69) is 10.8 Å². The lowest BCUT2D eigenvalue weighted by Gasteiger charge is -2.12. The number of hydrogen-bond donors (Lipinski definition) is 0. The molecule has 0 N–H and O–H groups in total. The number of carbonyl (C=O) groups is 2. The Labute approximate surface area is 115 Å². The molecule has 0 aromatic rings. The van der Waals surface area contributed by atoms with Crippen LogP contribution in [0.25, 0.3) is 0 Å². The van der Waals surface area contributed by atoms with Gasteiger partial charge in [0.15, 0.2) is 0 Å². The fourth-order valence-electron chi connectivity index (χ4n) is 3.00. The van der Waals surface area contributed by atoms with Crippen LogP contribution in [-0.2, 0) is 14.3 Å². The first-order valence-electron chi connectivity index (χ1n) is 7.71. The van der Waals surface area contributed by atoms with Crippen LogP contribution in [0, 0.1) is 5.92 Å². The van der Waals surface area contributed by atoms with Crippen LogP contribution in [-0.4, -0.2) is 11.9 Å². The molecule has 2 aliphatic rings. The Morgan fingerprint density at radius 2 is 1.53 bits per heavy atom. The molecule has 2 rings (SSSR count). The van der Waals surface area contributed by atoms with Gasteiger partial charge in [0, 0.05) is 0 Å². The van der Waals surface area contributed by atoms with E-state index in [1.165, 1.54) is 44.9 Å². The minimum atomic E-state index is -0.359. The zero-order chi connectivity index (χ0) is 13.5. The van der Waals surface area contributed by atoms with Crippen LogP contribution in [0.4, 0.5) is 0 Å². The molecule has 1 aliphatic carbocycles. The van der Waals surface area contributed by atoms with Crippen molar-refractivity contribution in [3.8, 4) is 0 Å². The highest BCUT2D eigenvalue weighted by Gasteiger charge is 2.35. The lowest BCUT2D eigenvalue weighted by atomic mass is 9.90. The highest BCUT2D eigenvalue weighted by Crippen LogP contribution is 2.29. The number of allylic oxidation sites excluding steroid dienone is 1. The maximum absolute atomic E-state index is 11.7. The van der Waals surface area contributed by atoms with Crippen LogP contribution in [0.2, 0.25) is 0 Å². The predicted molar refractivity (Wildman–Crippen MR) is 73.5 cm³/mol. The number of rotatable bonds is 1. The van der Waals surface area contributed by atoms with Gasteiger partial charge in [0.2, 0.25) is 0 Å². The number of ether oxygens (including phenoxy) is 1. The highest BCUT2D eigenvalue weighted by molar-refractivity contribution is 5.96. The Hall–Kier alpha value is -1.12. The molecule has 1 heterocycles. The summed E-state index contributed by atoms with van der Waals surface area (Å²) in [7, 11) is 0. The average Bonchev–Trinajstić information content (AvgIpc) is 2.69. The van der Waals surface area contributed by atoms with E-state index in [4.69, 9.17) is 0 Å². The molecule has 106 valence electrons. The van der Waals surface area contributed by atoms with Crippen molar-refractivity contribution in [3.63, 3.8) is 0 Å². The van der Waals surface area contributed by atoms with Crippen LogP contribution in [0.5, 0.6) is 0 Å². The fourth-order valence-corrected chi connectivity index (χ4v) is 3.00. The van der Waals surface area contributed by atoms with Crippen molar-refractivity contribution in [1.82, 2.24) is 0 Å². The molecule has 1 saturated heterocycles. The summed E-state index contributed by atoms with van der Waals surface area (Å²) in [6, 6.07) is 0. The Kier molecular flexibility index (Phi) is 5.62. The monoisotopic (exact) mass is 264 g/mol. The van der Waals surface area contributed by atoms with Crippen molar-refractivity contribution in [1.29, 1.82) is 0 Å². The van der Waals surface area contributed by atoms with Crippen molar-refractivity contribution in [2.75, 3.05) is 0 Å². The molecular formula is C16H24O3. The largest absolute Gasteiger partial charge is 0.393 e. The van der Waals surface area contributed by atoms with E-state index in [-0.39, 0.29) is 24.3 Å². The third-order valence-corrected chi connectivity index (χ3v) is 4.14. The van der Waals surface area contributed by atoms with Gasteiger partial charge in [-0.15, -0.1) is 0 Å². The Morgan fingerprint density at radius 1 is 0.895 bits per heavy atom. The van der Waals surface area contributed by atoms with E-state index in [0.717, 1.165) is 24.8 Å². The lowest BCUT2D eigenvalue weighted by molar-refractivity contribution is -0.152. The second-order valence-corrected chi connectivity index (χ2v) is 5.70. The Morgan fingerprint density at radius 3 is 2.16 bits per heavy atom. The molecule has 19 heavy (non-hydrogen) atoms. The van der Waals surface area contributed by atoms with Crippen LogP contribution in [0.1, 0.15) is 70.6 Å². The van der Waals surface area contributed by atoms with Gasteiger partial charge in [0.1, 0.15) is 0 Å². The molecule has 3 heteroatoms. The third kappa shape index (κ3) is 4.48. The molecule has 0 amide bonds. The van der Waals surface area contributed by atoms with Crippen LogP contribution >= 0.6 is 0 Å². The van der Waals surface area contributed by atoms with E-state index >= 15 is 0 Å². The minimum absolute atomic E-state index is 0.255. The van der Waals surface area contributed by atoms with Gasteiger partial charge >= 0.3 is 11.9 Å². The van der Waals surface area contributed by atoms with E-state index in [1.807, 2.05) is 0 Å². The van der Waals surface area contributed by atoms with Crippen LogP contribution in [0.15, 0.2) is 11.6 Å². The zero-order valence-electron chi connectivity index (χ0n) is 11.7. The van der Waals surface area contributed by atoms with Crippen molar-refractivity contribution in [2.45, 2.75) is 70.6 Å². The molecule has 1 atom stereocenters. The molecule has 3 nitrogen and oxygen atoms in total. The van der Waals surface area contributed by atoms with Gasteiger partial charge in [-0.05, 0) is 25.7 Å². The number of carbonyl (C=O) groups excluding carboxylic acids is 2. The Balaban J connectivity index is 1.97. The standard InChI is InChI=1S/C16H24O3/c17-15-12-14(16(18)19-15)13-10-8-6-4-2-1-3-5-7-9-11-13/h10,14H,1-9,11-12H2. The molecule has 0 aromatic heterocycles. The van der Waals surface area contributed by atoms with Gasteiger partial charge in [-0.2, -0.15) is 0 Å². The molecule has 1 aliphatic heterocycles. The Bertz CT molecular complexity index is 357. The molecule has 0 bridgehead atoms. The van der Waals surface area contributed by atoms with Crippen LogP contribution < -0.4 is 0 Å². The second-order valence-electron chi connectivity index (χ2n) is 5.70. The quantitative estimate of drug-likeness (QED) is 0.409. The van der Waals surface area contributed by atoms with Gasteiger partial charge in [-0.1, -0.05) is 50.2 Å². The second kappa shape index (κ2) is 7.46. The minimum Gasteiger partial charge on any atom is -0.393 e. The number of hydrogen-bond acceptors (Lipinski definition) is 3. The van der Waals surface area contributed by atoms with Crippen molar-refractivity contribution in [2.24, 2.45) is 5.92 Å². The maximum Gasteiger partial charge on any atom is 0.321 e. The summed E-state index contributed by atoms with van der Waals surface area (Å²) in [6.45, 7) is 0. The van der Waals surface area contributed by atoms with Gasteiger partial charge < -0.3 is 4.74 Å². The summed E-state index contributed by atoms with van der Waals surface area (Å²) in [4.78, 5) is 22.9. The topological polar surface area (TPSA) is 43.4 Å². The first kappa shape index (κ1) is 14.3. The maximum atomic E-state index is 11.7. The summed E-state index contributed by atoms with van der Waals surface area (Å²) >= 11 is 0. The SMILES string of the molecule is O=C1CC(C2=CCCCCCCCCCC2)C(=O)O1. The zero-order valence-corrected chi connectivity index (χ0v) is 11.7. The molecule has 0 saturated carbocycles. The van der Waals surface area contributed by atoms with Gasteiger partial charge in [0.25, 0.3) is 0 Å². The summed E-state index contributed by atoms with van der Waals surface area (Å²) in [5.74, 6) is -0.971. The van der Waals surface area contributed by atoms with Gasteiger partial charge in [-0.25, -0.2) is 0 Å². The third-order valence-electron chi connectivity index (χ3n) is 4.14. The first-order chi connectivity index (χ1) is 9.27. The highest BCUT2D eigenvalue weighted by atomic mass is 16.6. The lowest BCUT2D eigenvalue weighted by Crippen LogP contribution is -2.11. The molecule has 0 spiro atoms. The van der Waals surface area contributed by atoms with E-state index in [9.17, 15) is 9.59 Å². The molecular weight excluding hydrogens is 240 g/mol. The molecule has 1 fully saturated rings. The molecule has 0 radical (unpaired) electrons. The van der Waals surface area contributed by atoms with Crippen molar-refractivity contribution >= 4 is 11.9 Å². The van der Waals surface area contributed by atoms with E-state index in [1.54, 1.807) is 0 Å². The summed E-state index contributed by atoms with van der Waals surface area (Å²) in [6.07, 6.45) is 14.6. The van der Waals surface area contributed by atoms with Crippen molar-refractivity contribution in [3.05, 3.63) is 11.6 Å². The van der Waals surface area contributed by atoms with Crippen LogP contribution in [0.3, 0.4) is 0 Å². The molecule has 1 unspecified atom stereocenters. The normalized spacial score (nSPS) is 27.2. The van der Waals surface area contributed by atoms with E-state index < -0.39 is 0 Å². The summed E-state index contributed by atoms with van der Waals surface area (Å²) < 4.78 is 4.68. The number of cyclic esters (lactones) is 2. The molecule has 0 aromatic carbocycles. The summed E-state index contributed by atoms with van der Waals surface area (Å²) in [5.41, 5.74) is 1.15. The van der Waals surface area contributed by atoms with E-state index in [0.29, 0.717) is 0 Å². The average molecular weight is 264 g/mol. The predicted octanol–water partition coefficient (Wildman–Crippen LogP) is 3.92. The number of esters is 2. The van der Waals surface area contributed by atoms with Gasteiger partial charge in [0.05, 0.1) is 12.3 Å². The fraction of sp³-hybridized carbons (Fsp3) is 0.750. The first-order valence-corrected chi connectivity index (χ1v) is 7.71.